The first-order valence-corrected chi connectivity index (χ1v) is 13.0. The number of methoxy groups -OCH3 is 2. The first-order chi connectivity index (χ1) is 19.7. The number of hydrogen-bond acceptors (Lipinski definition) is 6. The molecule has 5 aliphatic heterocycles. The van der Waals surface area contributed by atoms with E-state index in [1.165, 1.54) is 0 Å². The van der Waals surface area contributed by atoms with E-state index in [-0.39, 0.29) is 0 Å². The van der Waals surface area contributed by atoms with Crippen molar-refractivity contribution in [1.82, 2.24) is 0 Å². The highest BCUT2D eigenvalue weighted by atomic mass is 16.5. The zero-order valence-corrected chi connectivity index (χ0v) is 22.0. The number of allylic oxidation sites excluding steroid dienone is 12. The first-order valence-electron chi connectivity index (χ1n) is 13.0. The lowest BCUT2D eigenvalue weighted by molar-refractivity contribution is 0.414. The topological polar surface area (TPSA) is 67.9 Å². The van der Waals surface area contributed by atoms with Crippen molar-refractivity contribution in [2.75, 3.05) is 14.2 Å². The maximum atomic E-state index is 5.37. The second-order valence-electron chi connectivity index (χ2n) is 9.52. The molecule has 2 aromatic carbocycles. The van der Waals surface area contributed by atoms with Crippen LogP contribution in [0.25, 0.3) is 11.1 Å². The number of aliphatic imine (C=N–C) groups is 4. The molecule has 6 nitrogen and oxygen atoms in total. The van der Waals surface area contributed by atoms with Gasteiger partial charge in [-0.25, -0.2) is 20.0 Å². The monoisotopic (exact) mass is 520 g/mol. The number of rotatable bonds is 4. The Morgan fingerprint density at radius 2 is 0.875 bits per heavy atom. The van der Waals surface area contributed by atoms with Crippen molar-refractivity contribution in [1.29, 1.82) is 0 Å². The molecular weight excluding hydrogens is 496 g/mol. The summed E-state index contributed by atoms with van der Waals surface area (Å²) in [7, 11) is 3.33. The average molecular weight is 521 g/mol. The van der Waals surface area contributed by atoms with E-state index in [2.05, 4.69) is 0 Å². The molecule has 5 aliphatic rings. The number of fused-ring (bicyclic) bond motifs is 4. The van der Waals surface area contributed by atoms with Crippen molar-refractivity contribution in [3.05, 3.63) is 143 Å². The maximum absolute atomic E-state index is 5.37. The standard InChI is InChI=1S/C34H24N4O2/c1-39-27-11-3-21(4-12-27)33-29-15-7-23(35-29)19-25-9-17-31(37-25)34(22-5-13-28(40-2)14-6-22)32-18-10-26(38-32)20-24-8-16-30(33)36-24/h3-20H,1-2H3. The van der Waals surface area contributed by atoms with Crippen LogP contribution in [0, 0.1) is 0 Å². The van der Waals surface area contributed by atoms with Crippen LogP contribution < -0.4 is 9.47 Å². The molecule has 0 amide bonds. The normalized spacial score (nSPS) is 18.6. The van der Waals surface area contributed by atoms with Gasteiger partial charge in [-0.3, -0.25) is 0 Å². The maximum Gasteiger partial charge on any atom is 0.118 e. The Labute approximate surface area is 232 Å². The predicted octanol–water partition coefficient (Wildman–Crippen LogP) is 6.65. The van der Waals surface area contributed by atoms with Gasteiger partial charge < -0.3 is 9.47 Å². The van der Waals surface area contributed by atoms with Crippen LogP contribution in [0.15, 0.2) is 152 Å². The van der Waals surface area contributed by atoms with Gasteiger partial charge in [-0.15, -0.1) is 0 Å². The van der Waals surface area contributed by atoms with Crippen LogP contribution in [0.4, 0.5) is 0 Å². The lowest BCUT2D eigenvalue weighted by Gasteiger charge is -2.10. The Balaban J connectivity index is 1.40. The molecular formula is C34H24N4O2. The molecule has 0 saturated heterocycles. The molecule has 0 atom stereocenters. The van der Waals surface area contributed by atoms with E-state index in [1.807, 2.05) is 109 Å². The smallest absolute Gasteiger partial charge is 0.118 e. The molecule has 0 fully saturated rings. The molecule has 0 unspecified atom stereocenters. The van der Waals surface area contributed by atoms with Crippen molar-refractivity contribution >= 4 is 34.0 Å². The van der Waals surface area contributed by atoms with E-state index in [4.69, 9.17) is 29.4 Å². The highest BCUT2D eigenvalue weighted by Crippen LogP contribution is 2.33. The van der Waals surface area contributed by atoms with Gasteiger partial charge in [0.05, 0.1) is 59.9 Å². The minimum atomic E-state index is 0.800. The lowest BCUT2D eigenvalue weighted by Crippen LogP contribution is -2.00. The van der Waals surface area contributed by atoms with Gasteiger partial charge >= 0.3 is 0 Å². The van der Waals surface area contributed by atoms with Crippen molar-refractivity contribution in [2.24, 2.45) is 20.0 Å². The van der Waals surface area contributed by atoms with Crippen molar-refractivity contribution in [3.63, 3.8) is 0 Å². The van der Waals surface area contributed by atoms with Gasteiger partial charge in [0, 0.05) is 11.1 Å². The van der Waals surface area contributed by atoms with Gasteiger partial charge in [0.1, 0.15) is 11.5 Å². The van der Waals surface area contributed by atoms with Crippen molar-refractivity contribution < 1.29 is 9.47 Å². The number of benzene rings is 2. The van der Waals surface area contributed by atoms with E-state index in [9.17, 15) is 0 Å². The molecule has 2 aromatic rings. The summed E-state index contributed by atoms with van der Waals surface area (Å²) in [5, 5.41) is 0. The number of ether oxygens (including phenoxy) is 2. The Morgan fingerprint density at radius 3 is 1.27 bits per heavy atom. The first kappa shape index (κ1) is 23.7. The summed E-state index contributed by atoms with van der Waals surface area (Å²) in [6.07, 6.45) is 20.2. The molecule has 0 aromatic heterocycles. The summed E-state index contributed by atoms with van der Waals surface area (Å²) in [6.45, 7) is 0. The van der Waals surface area contributed by atoms with Crippen LogP contribution in [0.1, 0.15) is 11.1 Å². The summed E-state index contributed by atoms with van der Waals surface area (Å²) < 4.78 is 10.7. The van der Waals surface area contributed by atoms with Crippen LogP contribution in [0.5, 0.6) is 11.5 Å². The summed E-state index contributed by atoms with van der Waals surface area (Å²) in [5.41, 5.74) is 10.6. The van der Waals surface area contributed by atoms with Crippen LogP contribution in [0.2, 0.25) is 0 Å². The van der Waals surface area contributed by atoms with E-state index >= 15 is 0 Å². The second-order valence-corrected chi connectivity index (χ2v) is 9.52. The SMILES string of the molecule is COc1ccc(C2=C3C=CC(=N3)C=C3C=CC(=N3)C(c3ccc(OC)cc3)=C3C=CC(=N3)C=C3C=CC2=N3)cc1. The molecule has 5 heterocycles. The van der Waals surface area contributed by atoms with Crippen molar-refractivity contribution in [3.8, 4) is 11.5 Å². The zero-order chi connectivity index (χ0) is 27.1. The van der Waals surface area contributed by atoms with Gasteiger partial charge in [0.2, 0.25) is 0 Å². The van der Waals surface area contributed by atoms with Gasteiger partial charge in [-0.05, 0) is 96.2 Å². The number of hydrogen-bond donors (Lipinski definition) is 0. The van der Waals surface area contributed by atoms with Gasteiger partial charge in [-0.2, -0.15) is 0 Å². The lowest BCUT2D eigenvalue weighted by atomic mass is 9.98. The third-order valence-corrected chi connectivity index (χ3v) is 7.02. The van der Waals surface area contributed by atoms with E-state index in [0.29, 0.717) is 0 Å². The summed E-state index contributed by atoms with van der Waals surface area (Å²) in [5.74, 6) is 1.60. The summed E-state index contributed by atoms with van der Waals surface area (Å²) >= 11 is 0. The molecule has 40 heavy (non-hydrogen) atoms. The van der Waals surface area contributed by atoms with Crippen LogP contribution >= 0.6 is 0 Å². The van der Waals surface area contributed by atoms with Crippen LogP contribution in [-0.4, -0.2) is 37.1 Å². The van der Waals surface area contributed by atoms with Crippen molar-refractivity contribution in [2.45, 2.75) is 0 Å². The largest absolute Gasteiger partial charge is 0.497 e. The fourth-order valence-electron chi connectivity index (χ4n) is 5.06. The van der Waals surface area contributed by atoms with Gasteiger partial charge in [0.15, 0.2) is 0 Å². The summed E-state index contributed by atoms with van der Waals surface area (Å²) in [4.78, 5) is 19.9. The highest BCUT2D eigenvalue weighted by Gasteiger charge is 2.22. The van der Waals surface area contributed by atoms with E-state index in [0.717, 1.165) is 79.4 Å². The van der Waals surface area contributed by atoms with Gasteiger partial charge in [-0.1, -0.05) is 24.3 Å². The van der Waals surface area contributed by atoms with Crippen LogP contribution in [0.3, 0.4) is 0 Å². The molecule has 0 spiro atoms. The summed E-state index contributed by atoms with van der Waals surface area (Å²) in [6, 6.07) is 16.0. The molecule has 0 N–H and O–H groups in total. The fourth-order valence-corrected chi connectivity index (χ4v) is 5.06. The zero-order valence-electron chi connectivity index (χ0n) is 22.0. The molecule has 6 heteroatoms. The minimum absolute atomic E-state index is 0.800. The minimum Gasteiger partial charge on any atom is -0.497 e. The molecule has 0 radical (unpaired) electrons. The highest BCUT2D eigenvalue weighted by molar-refractivity contribution is 6.34. The second kappa shape index (κ2) is 9.75. The molecule has 7 rings (SSSR count). The predicted molar refractivity (Wildman–Crippen MR) is 162 cm³/mol. The third kappa shape index (κ3) is 4.35. The quantitative estimate of drug-likeness (QED) is 0.453. The Kier molecular flexibility index (Phi) is 5.78. The van der Waals surface area contributed by atoms with E-state index < -0.39 is 0 Å². The molecule has 0 aliphatic carbocycles. The van der Waals surface area contributed by atoms with Crippen LogP contribution in [-0.2, 0) is 0 Å². The fraction of sp³-hybridized carbons (Fsp3) is 0.0588. The number of nitrogens with zero attached hydrogens (tertiary/aromatic N) is 4. The average Bonchev–Trinajstić information content (AvgIpc) is 3.80. The Bertz CT molecular complexity index is 1680. The molecule has 8 bridgehead atoms. The third-order valence-electron chi connectivity index (χ3n) is 7.02. The van der Waals surface area contributed by atoms with Gasteiger partial charge in [0.25, 0.3) is 0 Å². The molecule has 0 saturated carbocycles. The Hall–Kier alpha value is -5.36. The van der Waals surface area contributed by atoms with E-state index in [1.54, 1.807) is 14.2 Å². The Morgan fingerprint density at radius 1 is 0.450 bits per heavy atom. The molecule has 192 valence electrons.